The average molecular weight is 377 g/mol. The van der Waals surface area contributed by atoms with Crippen LogP contribution in [0, 0.1) is 5.92 Å². The highest BCUT2D eigenvalue weighted by molar-refractivity contribution is 5.80. The molecule has 0 aromatic carbocycles. The molecule has 0 aliphatic rings. The number of carbonyl (C=O) groups is 2. The van der Waals surface area contributed by atoms with Gasteiger partial charge in [-0.25, -0.2) is 0 Å². The van der Waals surface area contributed by atoms with Crippen molar-refractivity contribution in [2.75, 3.05) is 60.2 Å². The van der Waals surface area contributed by atoms with Gasteiger partial charge in [0.15, 0.2) is 0 Å². The summed E-state index contributed by atoms with van der Waals surface area (Å²) in [4.78, 5) is 23.6. The van der Waals surface area contributed by atoms with E-state index in [1.807, 2.05) is 39.8 Å². The first kappa shape index (κ1) is 27.4. The summed E-state index contributed by atoms with van der Waals surface area (Å²) in [7, 11) is 3.74. The second-order valence-corrected chi connectivity index (χ2v) is 6.40. The Balaban J connectivity index is 0. The lowest BCUT2D eigenvalue weighted by molar-refractivity contribution is -0.123. The number of Topliss-reactive ketones (excluding diaryl/α,β-unsaturated/α-hetero) is 1. The van der Waals surface area contributed by atoms with E-state index >= 15 is 0 Å². The molecule has 156 valence electrons. The molecule has 0 aliphatic heterocycles. The molecule has 0 aliphatic carbocycles. The topological polar surface area (TPSA) is 88.1 Å². The van der Waals surface area contributed by atoms with Crippen molar-refractivity contribution in [1.29, 1.82) is 0 Å². The molecule has 0 fully saturated rings. The van der Waals surface area contributed by atoms with Crippen molar-refractivity contribution in [3.63, 3.8) is 0 Å². The highest BCUT2D eigenvalue weighted by atomic mass is 16.5. The summed E-state index contributed by atoms with van der Waals surface area (Å²) in [6, 6.07) is -0.0212. The van der Waals surface area contributed by atoms with Crippen molar-refractivity contribution < 1.29 is 24.2 Å². The zero-order valence-corrected chi connectivity index (χ0v) is 17.3. The highest BCUT2D eigenvalue weighted by Crippen LogP contribution is 2.01. The third kappa shape index (κ3) is 17.9. The van der Waals surface area contributed by atoms with Crippen molar-refractivity contribution in [1.82, 2.24) is 10.2 Å². The van der Waals surface area contributed by atoms with Crippen LogP contribution < -0.4 is 5.32 Å². The molecular weight excluding hydrogens is 336 g/mol. The fourth-order valence-electron chi connectivity index (χ4n) is 1.97. The van der Waals surface area contributed by atoms with Crippen LogP contribution in [0.4, 0.5) is 0 Å². The smallest absolute Gasteiger partial charge is 0.137 e. The van der Waals surface area contributed by atoms with Gasteiger partial charge in [-0.2, -0.15) is 0 Å². The molecule has 1 unspecified atom stereocenters. The number of nitrogens with one attached hydrogen (secondary N) is 1. The zero-order valence-electron chi connectivity index (χ0n) is 17.3. The molecule has 26 heavy (non-hydrogen) atoms. The number of hydrogen-bond donors (Lipinski definition) is 2. The van der Waals surface area contributed by atoms with E-state index in [1.165, 1.54) is 0 Å². The minimum atomic E-state index is -0.0212. The minimum Gasteiger partial charge on any atom is -0.395 e. The average Bonchev–Trinajstić information content (AvgIpc) is 2.62. The summed E-state index contributed by atoms with van der Waals surface area (Å²) in [6.07, 6.45) is 3.33. The molecule has 0 heterocycles. The molecule has 7 nitrogen and oxygen atoms in total. The van der Waals surface area contributed by atoms with E-state index in [2.05, 4.69) is 5.32 Å². The lowest BCUT2D eigenvalue weighted by Crippen LogP contribution is -2.34. The van der Waals surface area contributed by atoms with Crippen molar-refractivity contribution >= 4 is 12.1 Å². The Labute approximate surface area is 159 Å². The molecule has 0 bridgehead atoms. The third-order valence-corrected chi connectivity index (χ3v) is 3.77. The molecular formula is C19H40N2O5. The first-order chi connectivity index (χ1) is 12.4. The molecule has 0 radical (unpaired) electrons. The van der Waals surface area contributed by atoms with Crippen LogP contribution >= 0.6 is 0 Å². The second kappa shape index (κ2) is 20.5. The number of aliphatic hydroxyl groups excluding tert-OH is 1. The molecule has 0 saturated heterocycles. The standard InChI is InChI=1S/C11H23NO3.C8H17NO2/c1-10(2)11(13)4-6-14-8-9-15-7-5-12-3;1-3-4-8(7-11)9(2)5-6-10/h10,12H,4-9H2,1-3H3;7-8,10H,3-6H2,1-2H3. The maximum atomic E-state index is 11.2. The summed E-state index contributed by atoms with van der Waals surface area (Å²) >= 11 is 0. The number of rotatable bonds is 16. The normalized spacial score (nSPS) is 12.0. The first-order valence-electron chi connectivity index (χ1n) is 9.53. The highest BCUT2D eigenvalue weighted by Gasteiger charge is 2.10. The van der Waals surface area contributed by atoms with Crippen LogP contribution in [0.15, 0.2) is 0 Å². The van der Waals surface area contributed by atoms with E-state index < -0.39 is 0 Å². The molecule has 0 aromatic heterocycles. The Kier molecular flexibility index (Phi) is 21.5. The molecule has 0 aromatic rings. The number of aliphatic hydroxyl groups is 1. The number of ketones is 1. The summed E-state index contributed by atoms with van der Waals surface area (Å²) in [5.41, 5.74) is 0. The first-order valence-corrected chi connectivity index (χ1v) is 9.53. The molecule has 1 atom stereocenters. The van der Waals surface area contributed by atoms with Crippen LogP contribution in [-0.4, -0.2) is 88.3 Å². The Hall–Kier alpha value is -0.860. The fourth-order valence-corrected chi connectivity index (χ4v) is 1.97. The number of aldehydes is 1. The predicted octanol–water partition coefficient (Wildman–Crippen LogP) is 1.13. The lowest BCUT2D eigenvalue weighted by atomic mass is 10.1. The quantitative estimate of drug-likeness (QED) is 0.308. The minimum absolute atomic E-state index is 0.0212. The van der Waals surface area contributed by atoms with E-state index in [0.29, 0.717) is 39.4 Å². The SMILES string of the molecule is CCCC(C=O)N(C)CCO.CNCCOCCOCCC(=O)C(C)C. The molecule has 0 rings (SSSR count). The maximum absolute atomic E-state index is 11.2. The lowest BCUT2D eigenvalue weighted by Gasteiger charge is -2.21. The number of nitrogens with zero attached hydrogens (tertiary/aromatic N) is 1. The van der Waals surface area contributed by atoms with Gasteiger partial charge < -0.3 is 24.7 Å². The van der Waals surface area contributed by atoms with Gasteiger partial charge >= 0.3 is 0 Å². The van der Waals surface area contributed by atoms with E-state index in [4.69, 9.17) is 14.6 Å². The monoisotopic (exact) mass is 376 g/mol. The van der Waals surface area contributed by atoms with E-state index in [-0.39, 0.29) is 24.3 Å². The summed E-state index contributed by atoms with van der Waals surface area (Å²) < 4.78 is 10.5. The zero-order chi connectivity index (χ0) is 20.2. The van der Waals surface area contributed by atoms with Crippen molar-refractivity contribution in [3.05, 3.63) is 0 Å². The Bertz CT molecular complexity index is 327. The third-order valence-electron chi connectivity index (χ3n) is 3.77. The Morgan fingerprint density at radius 1 is 1.19 bits per heavy atom. The van der Waals surface area contributed by atoms with Crippen LogP contribution in [0.25, 0.3) is 0 Å². The number of hydrogen-bond acceptors (Lipinski definition) is 7. The van der Waals surface area contributed by atoms with Crippen LogP contribution in [0.2, 0.25) is 0 Å². The van der Waals surface area contributed by atoms with Gasteiger partial charge in [-0.15, -0.1) is 0 Å². The maximum Gasteiger partial charge on any atom is 0.137 e. The van der Waals surface area contributed by atoms with Crippen molar-refractivity contribution in [3.8, 4) is 0 Å². The van der Waals surface area contributed by atoms with Crippen LogP contribution in [0.5, 0.6) is 0 Å². The number of ether oxygens (including phenoxy) is 2. The van der Waals surface area contributed by atoms with Gasteiger partial charge in [-0.05, 0) is 20.5 Å². The number of likely N-dealkylation sites (N-methyl/N-ethyl adjacent to an activating group) is 2. The second-order valence-electron chi connectivity index (χ2n) is 6.40. The summed E-state index contributed by atoms with van der Waals surface area (Å²) in [6.45, 7) is 9.76. The van der Waals surface area contributed by atoms with Gasteiger partial charge in [0.2, 0.25) is 0 Å². The summed E-state index contributed by atoms with van der Waals surface area (Å²) in [5.74, 6) is 0.367. The molecule has 7 heteroatoms. The molecule has 2 N–H and O–H groups in total. The molecule has 0 saturated carbocycles. The van der Waals surface area contributed by atoms with Gasteiger partial charge in [-0.3, -0.25) is 9.69 Å². The van der Waals surface area contributed by atoms with E-state index in [1.54, 1.807) is 0 Å². The van der Waals surface area contributed by atoms with Gasteiger partial charge in [0.25, 0.3) is 0 Å². The van der Waals surface area contributed by atoms with Crippen LogP contribution in [0.3, 0.4) is 0 Å². The van der Waals surface area contributed by atoms with Crippen molar-refractivity contribution in [2.24, 2.45) is 5.92 Å². The Morgan fingerprint density at radius 2 is 1.81 bits per heavy atom. The fraction of sp³-hybridized carbons (Fsp3) is 0.895. The van der Waals surface area contributed by atoms with Gasteiger partial charge in [0.05, 0.1) is 39.1 Å². The largest absolute Gasteiger partial charge is 0.395 e. The van der Waals surface area contributed by atoms with Crippen molar-refractivity contribution in [2.45, 2.75) is 46.1 Å². The van der Waals surface area contributed by atoms with Gasteiger partial charge in [0.1, 0.15) is 12.1 Å². The van der Waals surface area contributed by atoms with Gasteiger partial charge in [-0.1, -0.05) is 27.2 Å². The predicted molar refractivity (Wildman–Crippen MR) is 105 cm³/mol. The van der Waals surface area contributed by atoms with E-state index in [9.17, 15) is 9.59 Å². The molecule has 0 amide bonds. The van der Waals surface area contributed by atoms with Gasteiger partial charge in [0, 0.05) is 25.4 Å². The summed E-state index contributed by atoms with van der Waals surface area (Å²) in [5, 5.41) is 11.6. The number of carbonyl (C=O) groups excluding carboxylic acids is 2. The Morgan fingerprint density at radius 3 is 2.27 bits per heavy atom. The van der Waals surface area contributed by atoms with Crippen LogP contribution in [0.1, 0.15) is 40.0 Å². The van der Waals surface area contributed by atoms with Crippen LogP contribution in [-0.2, 0) is 19.1 Å². The molecule has 0 spiro atoms. The van der Waals surface area contributed by atoms with E-state index in [0.717, 1.165) is 25.7 Å².